The predicted molar refractivity (Wildman–Crippen MR) is 237 cm³/mol. The van der Waals surface area contributed by atoms with Crippen LogP contribution in [0.3, 0.4) is 0 Å². The Morgan fingerprint density at radius 1 is 0.316 bits per heavy atom. The highest BCUT2D eigenvalue weighted by Crippen LogP contribution is 2.54. The maximum atomic E-state index is 5.31. The summed E-state index contributed by atoms with van der Waals surface area (Å²) in [6.45, 7) is 4.71. The quantitative estimate of drug-likeness (QED) is 0.166. The lowest BCUT2D eigenvalue weighted by Crippen LogP contribution is -2.14. The number of benzene rings is 9. The van der Waals surface area contributed by atoms with Gasteiger partial charge in [0.2, 0.25) is 0 Å². The standard InChI is InChI=1S/C54H37N3/c1-54(2)46-29-14-13-26-43(46)49-44(28-16-30-47(49)54)48-40-24-11-12-25-41(40)50(42-32-31-37(33-45(42)48)39-27-15-22-34-17-9-10-23-38(34)39)53-56-51(35-18-5-3-6-19-35)55-52(57-53)36-20-7-4-8-21-36/h3-33H,1-2H3. The molecule has 3 nitrogen and oxygen atoms in total. The van der Waals surface area contributed by atoms with E-state index in [4.69, 9.17) is 15.0 Å². The summed E-state index contributed by atoms with van der Waals surface area (Å²) in [5, 5.41) is 6.98. The van der Waals surface area contributed by atoms with E-state index in [-0.39, 0.29) is 5.41 Å². The van der Waals surface area contributed by atoms with E-state index in [1.807, 2.05) is 36.4 Å². The summed E-state index contributed by atoms with van der Waals surface area (Å²) in [7, 11) is 0. The lowest BCUT2D eigenvalue weighted by molar-refractivity contribution is 0.660. The van der Waals surface area contributed by atoms with Crippen molar-refractivity contribution in [2.45, 2.75) is 19.3 Å². The Kier molecular flexibility index (Phi) is 7.52. The molecule has 0 atom stereocenters. The summed E-state index contributed by atoms with van der Waals surface area (Å²) in [5.74, 6) is 1.94. The molecule has 3 heteroatoms. The molecular weight excluding hydrogens is 691 g/mol. The van der Waals surface area contributed by atoms with Gasteiger partial charge in [0.1, 0.15) is 0 Å². The molecular formula is C54H37N3. The highest BCUT2D eigenvalue weighted by Gasteiger charge is 2.37. The highest BCUT2D eigenvalue weighted by atomic mass is 15.0. The van der Waals surface area contributed by atoms with E-state index >= 15 is 0 Å². The van der Waals surface area contributed by atoms with Crippen molar-refractivity contribution >= 4 is 32.3 Å². The fourth-order valence-corrected chi connectivity index (χ4v) is 9.24. The summed E-state index contributed by atoms with van der Waals surface area (Å²) in [6, 6.07) is 67.4. The van der Waals surface area contributed by atoms with Gasteiger partial charge in [-0.1, -0.05) is 196 Å². The monoisotopic (exact) mass is 727 g/mol. The number of hydrogen-bond acceptors (Lipinski definition) is 3. The van der Waals surface area contributed by atoms with E-state index in [2.05, 4.69) is 166 Å². The molecule has 1 aliphatic carbocycles. The average molecular weight is 728 g/mol. The third kappa shape index (κ3) is 5.23. The molecule has 57 heavy (non-hydrogen) atoms. The van der Waals surface area contributed by atoms with Crippen LogP contribution in [-0.2, 0) is 5.41 Å². The number of fused-ring (bicyclic) bond motifs is 6. The van der Waals surface area contributed by atoms with Crippen LogP contribution in [0.5, 0.6) is 0 Å². The predicted octanol–water partition coefficient (Wildman–Crippen LogP) is 14.0. The molecule has 10 aromatic rings. The van der Waals surface area contributed by atoms with Crippen molar-refractivity contribution in [1.82, 2.24) is 15.0 Å². The van der Waals surface area contributed by atoms with Gasteiger partial charge in [0.05, 0.1) is 0 Å². The van der Waals surface area contributed by atoms with E-state index in [0.717, 1.165) is 38.2 Å². The normalized spacial score (nSPS) is 12.9. The van der Waals surface area contributed by atoms with Gasteiger partial charge in [-0.3, -0.25) is 0 Å². The molecule has 9 aromatic carbocycles. The SMILES string of the molecule is CC1(C)c2ccccc2-c2c(-c3c4ccccc4c(-c4nc(-c5ccccc5)nc(-c5ccccc5)n4)c4ccc(-c5cccc6ccccc56)cc34)cccc21. The van der Waals surface area contributed by atoms with Crippen LogP contribution in [0, 0.1) is 0 Å². The molecule has 0 unspecified atom stereocenters. The van der Waals surface area contributed by atoms with Crippen LogP contribution in [0.15, 0.2) is 188 Å². The van der Waals surface area contributed by atoms with Gasteiger partial charge in [-0.05, 0) is 82.9 Å². The van der Waals surface area contributed by atoms with Crippen LogP contribution < -0.4 is 0 Å². The molecule has 0 radical (unpaired) electrons. The van der Waals surface area contributed by atoms with E-state index < -0.39 is 0 Å². The van der Waals surface area contributed by atoms with Crippen molar-refractivity contribution in [1.29, 1.82) is 0 Å². The van der Waals surface area contributed by atoms with Gasteiger partial charge < -0.3 is 0 Å². The van der Waals surface area contributed by atoms with E-state index in [1.165, 1.54) is 55.3 Å². The van der Waals surface area contributed by atoms with E-state index in [0.29, 0.717) is 17.5 Å². The van der Waals surface area contributed by atoms with Crippen molar-refractivity contribution in [2.24, 2.45) is 0 Å². The largest absolute Gasteiger partial charge is 0.208 e. The van der Waals surface area contributed by atoms with Crippen LogP contribution in [0.1, 0.15) is 25.0 Å². The molecule has 0 spiro atoms. The van der Waals surface area contributed by atoms with Gasteiger partial charge in [-0.2, -0.15) is 0 Å². The Balaban J connectivity index is 1.28. The molecule has 0 fully saturated rings. The van der Waals surface area contributed by atoms with Crippen LogP contribution in [-0.4, -0.2) is 15.0 Å². The second-order valence-electron chi connectivity index (χ2n) is 15.5. The zero-order valence-electron chi connectivity index (χ0n) is 31.7. The molecule has 0 amide bonds. The van der Waals surface area contributed by atoms with Gasteiger partial charge in [0.15, 0.2) is 17.5 Å². The van der Waals surface area contributed by atoms with Crippen LogP contribution in [0.4, 0.5) is 0 Å². The number of nitrogens with zero attached hydrogens (tertiary/aromatic N) is 3. The Morgan fingerprint density at radius 2 is 0.825 bits per heavy atom. The first-order valence-corrected chi connectivity index (χ1v) is 19.6. The van der Waals surface area contributed by atoms with E-state index in [1.54, 1.807) is 0 Å². The Bertz CT molecular complexity index is 3140. The molecule has 0 saturated heterocycles. The average Bonchev–Trinajstić information content (AvgIpc) is 3.51. The second kappa shape index (κ2) is 12.9. The molecule has 1 aliphatic rings. The molecule has 1 aromatic heterocycles. The molecule has 0 aliphatic heterocycles. The molecule has 268 valence electrons. The van der Waals surface area contributed by atoms with Crippen LogP contribution in [0.25, 0.3) is 99.9 Å². The minimum atomic E-state index is -0.131. The third-order valence-electron chi connectivity index (χ3n) is 11.9. The zero-order chi connectivity index (χ0) is 38.1. The first-order valence-electron chi connectivity index (χ1n) is 19.6. The van der Waals surface area contributed by atoms with Gasteiger partial charge in [-0.25, -0.2) is 15.0 Å². The highest BCUT2D eigenvalue weighted by molar-refractivity contribution is 6.23. The molecule has 1 heterocycles. The van der Waals surface area contributed by atoms with Crippen molar-refractivity contribution in [3.63, 3.8) is 0 Å². The molecule has 11 rings (SSSR count). The fraction of sp³-hybridized carbons (Fsp3) is 0.0556. The van der Waals surface area contributed by atoms with E-state index in [9.17, 15) is 0 Å². The lowest BCUT2D eigenvalue weighted by atomic mass is 9.81. The number of rotatable bonds is 5. The van der Waals surface area contributed by atoms with Gasteiger partial charge in [0, 0.05) is 22.1 Å². The van der Waals surface area contributed by atoms with Crippen molar-refractivity contribution < 1.29 is 0 Å². The molecule has 0 bridgehead atoms. The maximum Gasteiger partial charge on any atom is 0.165 e. The first kappa shape index (κ1) is 33.1. The Hall–Kier alpha value is -7.23. The number of hydrogen-bond donors (Lipinski definition) is 0. The van der Waals surface area contributed by atoms with Gasteiger partial charge in [-0.15, -0.1) is 0 Å². The summed E-state index contributed by atoms with van der Waals surface area (Å²) in [5.41, 5.74) is 12.9. The molecule has 0 saturated carbocycles. The Labute approximate surface area is 332 Å². The summed E-state index contributed by atoms with van der Waals surface area (Å²) < 4.78 is 0. The fourth-order valence-electron chi connectivity index (χ4n) is 9.24. The number of aromatic nitrogens is 3. The topological polar surface area (TPSA) is 38.7 Å². The summed E-state index contributed by atoms with van der Waals surface area (Å²) >= 11 is 0. The summed E-state index contributed by atoms with van der Waals surface area (Å²) in [6.07, 6.45) is 0. The third-order valence-corrected chi connectivity index (χ3v) is 11.9. The van der Waals surface area contributed by atoms with Crippen molar-refractivity contribution in [2.75, 3.05) is 0 Å². The zero-order valence-corrected chi connectivity index (χ0v) is 31.7. The van der Waals surface area contributed by atoms with Crippen LogP contribution >= 0.6 is 0 Å². The second-order valence-corrected chi connectivity index (χ2v) is 15.5. The minimum absolute atomic E-state index is 0.131. The Morgan fingerprint density at radius 3 is 1.56 bits per heavy atom. The van der Waals surface area contributed by atoms with Gasteiger partial charge >= 0.3 is 0 Å². The smallest absolute Gasteiger partial charge is 0.165 e. The van der Waals surface area contributed by atoms with Crippen molar-refractivity contribution in [3.8, 4) is 67.5 Å². The summed E-state index contributed by atoms with van der Waals surface area (Å²) in [4.78, 5) is 15.7. The van der Waals surface area contributed by atoms with Crippen molar-refractivity contribution in [3.05, 3.63) is 199 Å². The minimum Gasteiger partial charge on any atom is -0.208 e. The molecule has 0 N–H and O–H groups in total. The lowest BCUT2D eigenvalue weighted by Gasteiger charge is -2.23. The first-order chi connectivity index (χ1) is 28.0. The van der Waals surface area contributed by atoms with Gasteiger partial charge in [0.25, 0.3) is 0 Å². The maximum absolute atomic E-state index is 5.31. The van der Waals surface area contributed by atoms with Crippen LogP contribution in [0.2, 0.25) is 0 Å².